The molecule has 0 aliphatic heterocycles. The van der Waals surface area contributed by atoms with Crippen LogP contribution in [0.3, 0.4) is 0 Å². The van der Waals surface area contributed by atoms with E-state index in [9.17, 15) is 4.79 Å². The number of fused-ring (bicyclic) bond motifs is 1. The molecule has 0 bridgehead atoms. The third-order valence-electron chi connectivity index (χ3n) is 4.25. The Kier molecular flexibility index (Phi) is 5.71. The molecule has 0 saturated heterocycles. The van der Waals surface area contributed by atoms with E-state index in [4.69, 9.17) is 4.42 Å². The number of rotatable bonds is 7. The zero-order valence-electron chi connectivity index (χ0n) is 14.1. The van der Waals surface area contributed by atoms with Gasteiger partial charge in [-0.15, -0.1) is 24.3 Å². The van der Waals surface area contributed by atoms with Crippen LogP contribution in [0.1, 0.15) is 37.3 Å². The molecule has 0 fully saturated rings. The SMILES string of the molecule is C=CCc1c(CCCCC)c2c(-c3nnsc3S)cccc2oc1=O. The number of allylic oxidation sites excluding steroid dienone is 1. The van der Waals surface area contributed by atoms with Crippen LogP contribution in [0.4, 0.5) is 0 Å². The van der Waals surface area contributed by atoms with Crippen molar-refractivity contribution in [2.24, 2.45) is 0 Å². The van der Waals surface area contributed by atoms with Gasteiger partial charge in [0.15, 0.2) is 0 Å². The number of nitrogens with zero attached hydrogens (tertiary/aromatic N) is 2. The first-order valence-electron chi connectivity index (χ1n) is 8.37. The molecular weight excluding hydrogens is 352 g/mol. The monoisotopic (exact) mass is 372 g/mol. The summed E-state index contributed by atoms with van der Waals surface area (Å²) >= 11 is 5.73. The molecule has 3 rings (SSSR count). The smallest absolute Gasteiger partial charge is 0.340 e. The second kappa shape index (κ2) is 7.97. The lowest BCUT2D eigenvalue weighted by Gasteiger charge is -2.13. The fourth-order valence-corrected chi connectivity index (χ4v) is 3.81. The predicted octanol–water partition coefficient (Wildman–Crippen LogP) is 5.06. The number of benzene rings is 1. The summed E-state index contributed by atoms with van der Waals surface area (Å²) in [6, 6.07) is 5.69. The predicted molar refractivity (Wildman–Crippen MR) is 106 cm³/mol. The summed E-state index contributed by atoms with van der Waals surface area (Å²) in [6.45, 7) is 5.96. The molecule has 0 amide bonds. The molecule has 0 atom stereocenters. The van der Waals surface area contributed by atoms with Crippen molar-refractivity contribution >= 4 is 35.1 Å². The third kappa shape index (κ3) is 3.55. The van der Waals surface area contributed by atoms with E-state index >= 15 is 0 Å². The van der Waals surface area contributed by atoms with Gasteiger partial charge in [-0.3, -0.25) is 0 Å². The van der Waals surface area contributed by atoms with Crippen LogP contribution in [0.5, 0.6) is 0 Å². The molecule has 130 valence electrons. The topological polar surface area (TPSA) is 56.0 Å². The maximum atomic E-state index is 12.5. The molecule has 6 heteroatoms. The van der Waals surface area contributed by atoms with E-state index in [1.165, 1.54) is 11.5 Å². The summed E-state index contributed by atoms with van der Waals surface area (Å²) in [5.74, 6) is 0. The van der Waals surface area contributed by atoms with E-state index < -0.39 is 0 Å². The quantitative estimate of drug-likeness (QED) is 0.272. The van der Waals surface area contributed by atoms with E-state index in [0.29, 0.717) is 17.6 Å². The molecule has 0 saturated carbocycles. The van der Waals surface area contributed by atoms with Crippen molar-refractivity contribution in [3.63, 3.8) is 0 Å². The number of thiol groups is 1. The molecule has 2 aromatic heterocycles. The highest BCUT2D eigenvalue weighted by atomic mass is 32.2. The zero-order valence-corrected chi connectivity index (χ0v) is 15.8. The van der Waals surface area contributed by atoms with Gasteiger partial charge in [-0.2, -0.15) is 0 Å². The summed E-state index contributed by atoms with van der Waals surface area (Å²) in [5, 5.41) is 5.17. The molecule has 2 heterocycles. The summed E-state index contributed by atoms with van der Waals surface area (Å²) in [5.41, 5.74) is 3.68. The third-order valence-corrected chi connectivity index (χ3v) is 5.23. The minimum atomic E-state index is -0.279. The molecule has 0 aliphatic rings. The zero-order chi connectivity index (χ0) is 17.8. The number of aryl methyl sites for hydroxylation is 1. The van der Waals surface area contributed by atoms with Gasteiger partial charge in [-0.1, -0.05) is 42.5 Å². The van der Waals surface area contributed by atoms with E-state index in [-0.39, 0.29) is 5.63 Å². The molecule has 0 N–H and O–H groups in total. The lowest BCUT2D eigenvalue weighted by atomic mass is 9.93. The van der Waals surface area contributed by atoms with Crippen molar-refractivity contribution in [2.75, 3.05) is 0 Å². The van der Waals surface area contributed by atoms with Gasteiger partial charge in [0.05, 0.1) is 0 Å². The Morgan fingerprint density at radius 3 is 2.84 bits per heavy atom. The number of aromatic nitrogens is 2. The second-order valence-electron chi connectivity index (χ2n) is 5.90. The first-order valence-corrected chi connectivity index (χ1v) is 9.59. The van der Waals surface area contributed by atoms with Crippen molar-refractivity contribution in [3.05, 3.63) is 52.4 Å². The molecule has 0 radical (unpaired) electrons. The lowest BCUT2D eigenvalue weighted by molar-refractivity contribution is 0.549. The Hall–Kier alpha value is -1.92. The van der Waals surface area contributed by atoms with Gasteiger partial charge in [0.1, 0.15) is 15.5 Å². The van der Waals surface area contributed by atoms with Gasteiger partial charge in [0.25, 0.3) is 0 Å². The van der Waals surface area contributed by atoms with Gasteiger partial charge < -0.3 is 4.42 Å². The van der Waals surface area contributed by atoms with E-state index in [1.54, 1.807) is 6.08 Å². The summed E-state index contributed by atoms with van der Waals surface area (Å²) in [6.07, 6.45) is 6.34. The highest BCUT2D eigenvalue weighted by Crippen LogP contribution is 2.35. The van der Waals surface area contributed by atoms with E-state index in [2.05, 4.69) is 35.7 Å². The van der Waals surface area contributed by atoms with Gasteiger partial charge in [-0.25, -0.2) is 4.79 Å². The average molecular weight is 373 g/mol. The van der Waals surface area contributed by atoms with Crippen molar-refractivity contribution in [3.8, 4) is 11.3 Å². The van der Waals surface area contributed by atoms with Crippen molar-refractivity contribution in [2.45, 2.75) is 43.2 Å². The molecule has 0 unspecified atom stereocenters. The minimum Gasteiger partial charge on any atom is -0.422 e. The second-order valence-corrected chi connectivity index (χ2v) is 7.41. The Balaban J connectivity index is 2.31. The van der Waals surface area contributed by atoms with E-state index in [1.807, 2.05) is 18.2 Å². The highest BCUT2D eigenvalue weighted by molar-refractivity contribution is 7.82. The summed E-state index contributed by atoms with van der Waals surface area (Å²) in [4.78, 5) is 12.5. The highest BCUT2D eigenvalue weighted by Gasteiger charge is 2.19. The Morgan fingerprint density at radius 2 is 2.16 bits per heavy atom. The van der Waals surface area contributed by atoms with Crippen LogP contribution in [-0.4, -0.2) is 9.59 Å². The van der Waals surface area contributed by atoms with Crippen LogP contribution in [-0.2, 0) is 12.8 Å². The molecule has 0 spiro atoms. The number of hydrogen-bond acceptors (Lipinski definition) is 6. The van der Waals surface area contributed by atoms with E-state index in [0.717, 1.165) is 52.1 Å². The first kappa shape index (κ1) is 17.9. The molecular formula is C19H20N2O2S2. The summed E-state index contributed by atoms with van der Waals surface area (Å²) < 4.78 is 10.3. The lowest BCUT2D eigenvalue weighted by Crippen LogP contribution is -2.12. The molecule has 4 nitrogen and oxygen atoms in total. The van der Waals surface area contributed by atoms with Crippen LogP contribution < -0.4 is 5.63 Å². The van der Waals surface area contributed by atoms with Crippen molar-refractivity contribution in [1.29, 1.82) is 0 Å². The van der Waals surface area contributed by atoms with Gasteiger partial charge in [-0.05, 0) is 42.4 Å². The van der Waals surface area contributed by atoms with Crippen LogP contribution in [0.2, 0.25) is 0 Å². The molecule has 0 aliphatic carbocycles. The largest absolute Gasteiger partial charge is 0.422 e. The molecule has 25 heavy (non-hydrogen) atoms. The Morgan fingerprint density at radius 1 is 1.32 bits per heavy atom. The van der Waals surface area contributed by atoms with Crippen LogP contribution >= 0.6 is 24.2 Å². The van der Waals surface area contributed by atoms with Crippen LogP contribution in [0.25, 0.3) is 22.2 Å². The van der Waals surface area contributed by atoms with Crippen LogP contribution in [0.15, 0.2) is 44.3 Å². The van der Waals surface area contributed by atoms with Crippen LogP contribution in [0, 0.1) is 0 Å². The Labute approximate surface area is 156 Å². The van der Waals surface area contributed by atoms with Crippen molar-refractivity contribution in [1.82, 2.24) is 9.59 Å². The van der Waals surface area contributed by atoms with Gasteiger partial charge >= 0.3 is 5.63 Å². The summed E-state index contributed by atoms with van der Waals surface area (Å²) in [7, 11) is 0. The number of hydrogen-bond donors (Lipinski definition) is 1. The normalized spacial score (nSPS) is 11.1. The Bertz CT molecular complexity index is 960. The molecule has 3 aromatic rings. The standard InChI is InChI=1S/C19H20N2O2S2/c1-3-5-6-9-12-13(8-4-2)18(22)23-15-11-7-10-14(16(12)15)17-19(24)25-21-20-17/h4,7,10-11,24H,2-3,5-6,8-9H2,1H3. The average Bonchev–Trinajstić information content (AvgIpc) is 3.03. The van der Waals surface area contributed by atoms with Gasteiger partial charge in [0, 0.05) is 16.5 Å². The first-order chi connectivity index (χ1) is 12.2. The minimum absolute atomic E-state index is 0.279. The maximum absolute atomic E-state index is 12.5. The van der Waals surface area contributed by atoms with Crippen molar-refractivity contribution < 1.29 is 4.42 Å². The number of unbranched alkanes of at least 4 members (excludes halogenated alkanes) is 2. The molecule has 1 aromatic carbocycles. The van der Waals surface area contributed by atoms with Gasteiger partial charge in [0.2, 0.25) is 0 Å². The fourth-order valence-electron chi connectivity index (χ4n) is 3.09. The fraction of sp³-hybridized carbons (Fsp3) is 0.316. The maximum Gasteiger partial charge on any atom is 0.340 e.